The maximum atomic E-state index is 2.48. The third-order valence-corrected chi connectivity index (χ3v) is 8.13. The van der Waals surface area contributed by atoms with E-state index < -0.39 is 0 Å². The molecule has 1 aliphatic rings. The second-order valence-electron chi connectivity index (χ2n) is 7.96. The highest BCUT2D eigenvalue weighted by Gasteiger charge is 2.49. The van der Waals surface area contributed by atoms with Crippen molar-refractivity contribution in [2.45, 2.75) is 63.4 Å². The van der Waals surface area contributed by atoms with Crippen molar-refractivity contribution in [1.82, 2.24) is 0 Å². The Balaban J connectivity index is 2.65. The largest absolute Gasteiger partial charge is 0.0830 e. The second-order valence-corrected chi connectivity index (χ2v) is 12.1. The van der Waals surface area contributed by atoms with Gasteiger partial charge in [0.25, 0.3) is 0 Å². The van der Waals surface area contributed by atoms with Crippen molar-refractivity contribution in [3.8, 4) is 0 Å². The average Bonchev–Trinajstić information content (AvgIpc) is 2.37. The molecule has 0 aliphatic heterocycles. The van der Waals surface area contributed by atoms with E-state index in [0.717, 1.165) is 6.42 Å². The first-order valence-corrected chi connectivity index (χ1v) is 9.22. The number of rotatable bonds is 2. The number of allylic oxidation sites excluding steroid dienone is 4. The average molecular weight is 300 g/mol. The van der Waals surface area contributed by atoms with E-state index in [-0.39, 0.29) is 13.1 Å². The van der Waals surface area contributed by atoms with Gasteiger partial charge >= 0.3 is 0 Å². The van der Waals surface area contributed by atoms with Crippen LogP contribution in [0.2, 0.25) is 0 Å². The number of hydrogen-bond acceptors (Lipinski definition) is 0. The fourth-order valence-corrected chi connectivity index (χ4v) is 9.39. The minimum atomic E-state index is -0.260. The Morgan fingerprint density at radius 3 is 1.86 bits per heavy atom. The predicted octanol–water partition coefficient (Wildman–Crippen LogP) is 6.48. The lowest BCUT2D eigenvalue weighted by atomic mass is 9.91. The zero-order chi connectivity index (χ0) is 15.7. The summed E-state index contributed by atoms with van der Waals surface area (Å²) in [5.41, 5.74) is 1.47. The van der Waals surface area contributed by atoms with Crippen LogP contribution in [-0.2, 0) is 5.16 Å². The highest BCUT2D eigenvalue weighted by atomic mass is 31.1. The molecule has 114 valence electrons. The molecule has 0 nitrogen and oxygen atoms in total. The highest BCUT2D eigenvalue weighted by Crippen LogP contribution is 2.73. The van der Waals surface area contributed by atoms with Gasteiger partial charge in [0.1, 0.15) is 0 Å². The molecule has 1 aliphatic carbocycles. The van der Waals surface area contributed by atoms with E-state index in [1.54, 1.807) is 0 Å². The standard InChI is InChI=1S/C20H29P/c1-18(2,3)21(19(4,5)6)20(15-11-8-12-16-20)17-13-9-7-10-14-17/h7-15H,16H2,1-6H3. The van der Waals surface area contributed by atoms with E-state index in [0.29, 0.717) is 10.3 Å². The van der Waals surface area contributed by atoms with Gasteiger partial charge < -0.3 is 0 Å². The van der Waals surface area contributed by atoms with Crippen LogP contribution in [0.4, 0.5) is 0 Å². The summed E-state index contributed by atoms with van der Waals surface area (Å²) in [5.74, 6) is 0. The highest BCUT2D eigenvalue weighted by molar-refractivity contribution is 7.62. The van der Waals surface area contributed by atoms with Crippen LogP contribution in [-0.4, -0.2) is 10.3 Å². The Bertz CT molecular complexity index is 511. The Morgan fingerprint density at radius 1 is 0.857 bits per heavy atom. The lowest BCUT2D eigenvalue weighted by Gasteiger charge is -2.53. The van der Waals surface area contributed by atoms with Gasteiger partial charge in [-0.2, -0.15) is 0 Å². The molecule has 0 aromatic heterocycles. The molecule has 1 aromatic rings. The molecule has 0 radical (unpaired) electrons. The molecule has 0 saturated heterocycles. The molecule has 0 heterocycles. The van der Waals surface area contributed by atoms with E-state index in [2.05, 4.69) is 96.2 Å². The monoisotopic (exact) mass is 300 g/mol. The summed E-state index contributed by atoms with van der Waals surface area (Å²) in [7, 11) is -0.260. The molecule has 1 unspecified atom stereocenters. The van der Waals surface area contributed by atoms with Gasteiger partial charge in [-0.25, -0.2) is 0 Å². The van der Waals surface area contributed by atoms with Crippen LogP contribution >= 0.6 is 7.92 Å². The normalized spacial score (nSPS) is 22.8. The number of hydrogen-bond donors (Lipinski definition) is 0. The first-order chi connectivity index (χ1) is 9.68. The first kappa shape index (κ1) is 16.5. The van der Waals surface area contributed by atoms with E-state index in [9.17, 15) is 0 Å². The fourth-order valence-electron chi connectivity index (χ4n) is 4.05. The van der Waals surface area contributed by atoms with Gasteiger partial charge in [0.2, 0.25) is 0 Å². The van der Waals surface area contributed by atoms with Crippen molar-refractivity contribution in [3.63, 3.8) is 0 Å². The fraction of sp³-hybridized carbons (Fsp3) is 0.500. The minimum absolute atomic E-state index is 0.155. The summed E-state index contributed by atoms with van der Waals surface area (Å²) in [6.45, 7) is 14.5. The topological polar surface area (TPSA) is 0 Å². The minimum Gasteiger partial charge on any atom is -0.0830 e. The lowest BCUT2D eigenvalue weighted by Crippen LogP contribution is -2.38. The summed E-state index contributed by atoms with van der Waals surface area (Å²) >= 11 is 0. The Labute approximate surface area is 132 Å². The molecule has 0 saturated carbocycles. The molecule has 0 amide bonds. The first-order valence-electron chi connectivity index (χ1n) is 7.88. The summed E-state index contributed by atoms with van der Waals surface area (Å²) in [6.07, 6.45) is 10.4. The summed E-state index contributed by atoms with van der Waals surface area (Å²) < 4.78 is 0. The maximum Gasteiger partial charge on any atom is 0.0379 e. The van der Waals surface area contributed by atoms with E-state index in [1.807, 2.05) is 0 Å². The number of benzene rings is 1. The van der Waals surface area contributed by atoms with Gasteiger partial charge in [-0.05, 0) is 22.3 Å². The van der Waals surface area contributed by atoms with Gasteiger partial charge in [-0.1, -0.05) is 104 Å². The molecule has 1 aromatic carbocycles. The molecular weight excluding hydrogens is 271 g/mol. The van der Waals surface area contributed by atoms with Gasteiger partial charge in [0.15, 0.2) is 0 Å². The van der Waals surface area contributed by atoms with Crippen molar-refractivity contribution < 1.29 is 0 Å². The Kier molecular flexibility index (Phi) is 4.50. The Morgan fingerprint density at radius 2 is 1.43 bits per heavy atom. The molecule has 0 bridgehead atoms. The van der Waals surface area contributed by atoms with Crippen LogP contribution in [0.25, 0.3) is 0 Å². The van der Waals surface area contributed by atoms with Crippen LogP contribution in [0.15, 0.2) is 54.6 Å². The van der Waals surface area contributed by atoms with Crippen LogP contribution in [0.3, 0.4) is 0 Å². The van der Waals surface area contributed by atoms with E-state index in [1.165, 1.54) is 5.56 Å². The summed E-state index contributed by atoms with van der Waals surface area (Å²) in [4.78, 5) is 0. The van der Waals surface area contributed by atoms with E-state index >= 15 is 0 Å². The molecule has 0 fully saturated rings. The molecule has 0 spiro atoms. The van der Waals surface area contributed by atoms with Crippen LogP contribution in [0.5, 0.6) is 0 Å². The third-order valence-electron chi connectivity index (χ3n) is 4.06. The van der Waals surface area contributed by atoms with E-state index in [4.69, 9.17) is 0 Å². The van der Waals surface area contributed by atoms with Crippen molar-refractivity contribution >= 4 is 7.92 Å². The third kappa shape index (κ3) is 3.32. The van der Waals surface area contributed by atoms with Crippen molar-refractivity contribution in [2.75, 3.05) is 0 Å². The molecule has 2 rings (SSSR count). The van der Waals surface area contributed by atoms with Crippen LogP contribution < -0.4 is 0 Å². The zero-order valence-electron chi connectivity index (χ0n) is 14.4. The van der Waals surface area contributed by atoms with Crippen molar-refractivity contribution in [3.05, 3.63) is 60.2 Å². The SMILES string of the molecule is CC(C)(C)P(C(C)(C)C)C1(c2ccccc2)C=CC=CC1. The maximum absolute atomic E-state index is 2.48. The summed E-state index contributed by atoms with van der Waals surface area (Å²) in [5, 5.41) is 0.764. The molecule has 1 heteroatoms. The Hall–Kier alpha value is -0.870. The summed E-state index contributed by atoms with van der Waals surface area (Å²) in [6, 6.07) is 11.1. The van der Waals surface area contributed by atoms with Gasteiger partial charge in [0, 0.05) is 5.16 Å². The molecule has 1 atom stereocenters. The zero-order valence-corrected chi connectivity index (χ0v) is 15.2. The smallest absolute Gasteiger partial charge is 0.0379 e. The van der Waals surface area contributed by atoms with Crippen LogP contribution in [0.1, 0.15) is 53.5 Å². The molecule has 21 heavy (non-hydrogen) atoms. The quantitative estimate of drug-likeness (QED) is 0.548. The molecular formula is C20H29P. The van der Waals surface area contributed by atoms with Crippen LogP contribution in [0, 0.1) is 0 Å². The van der Waals surface area contributed by atoms with Gasteiger partial charge in [-0.3, -0.25) is 0 Å². The second kappa shape index (κ2) is 5.73. The predicted molar refractivity (Wildman–Crippen MR) is 97.4 cm³/mol. The van der Waals surface area contributed by atoms with Gasteiger partial charge in [-0.15, -0.1) is 0 Å². The molecule has 0 N–H and O–H groups in total. The van der Waals surface area contributed by atoms with Crippen molar-refractivity contribution in [1.29, 1.82) is 0 Å². The van der Waals surface area contributed by atoms with Crippen molar-refractivity contribution in [2.24, 2.45) is 0 Å². The van der Waals surface area contributed by atoms with Gasteiger partial charge in [0.05, 0.1) is 0 Å². The lowest BCUT2D eigenvalue weighted by molar-refractivity contribution is 0.637.